The van der Waals surface area contributed by atoms with Crippen LogP contribution < -0.4 is 10.6 Å². The molecule has 2 aliphatic heterocycles. The van der Waals surface area contributed by atoms with Crippen molar-refractivity contribution in [3.05, 3.63) is 53.9 Å². The van der Waals surface area contributed by atoms with Crippen LogP contribution in [-0.2, 0) is 22.4 Å². The Balaban J connectivity index is 1.52. The molecule has 2 N–H and O–H groups in total. The Kier molecular flexibility index (Phi) is 6.71. The third kappa shape index (κ3) is 4.61. The lowest BCUT2D eigenvalue weighted by molar-refractivity contribution is 0.0982. The first-order valence-electron chi connectivity index (χ1n) is 11.9. The van der Waals surface area contributed by atoms with Gasteiger partial charge in [-0.15, -0.1) is 0 Å². The summed E-state index contributed by atoms with van der Waals surface area (Å²) in [6.45, 7) is 7.91. The Bertz CT molecular complexity index is 1140. The number of benzene rings is 1. The number of anilines is 2. The number of hydrogen-bond acceptors (Lipinski definition) is 8. The van der Waals surface area contributed by atoms with Crippen LogP contribution >= 0.6 is 0 Å². The van der Waals surface area contributed by atoms with Gasteiger partial charge in [0.1, 0.15) is 11.6 Å². The van der Waals surface area contributed by atoms with Gasteiger partial charge in [-0.25, -0.2) is 15.0 Å². The molecule has 1 unspecified atom stereocenters. The van der Waals surface area contributed by atoms with Crippen LogP contribution in [0.2, 0.25) is 0 Å². The van der Waals surface area contributed by atoms with Gasteiger partial charge < -0.3 is 20.1 Å². The predicted molar refractivity (Wildman–Crippen MR) is 134 cm³/mol. The summed E-state index contributed by atoms with van der Waals surface area (Å²) < 4.78 is 11.0. The van der Waals surface area contributed by atoms with Crippen LogP contribution in [0.3, 0.4) is 0 Å². The van der Waals surface area contributed by atoms with E-state index in [1.165, 1.54) is 5.56 Å². The molecule has 8 heteroatoms. The lowest BCUT2D eigenvalue weighted by Gasteiger charge is -2.37. The molecule has 0 aliphatic carbocycles. The van der Waals surface area contributed by atoms with Crippen LogP contribution in [0.1, 0.15) is 18.2 Å². The maximum Gasteiger partial charge on any atom is 0.161 e. The third-order valence-corrected chi connectivity index (χ3v) is 6.67. The van der Waals surface area contributed by atoms with E-state index in [9.17, 15) is 0 Å². The Hall–Kier alpha value is -3.07. The summed E-state index contributed by atoms with van der Waals surface area (Å²) in [6, 6.07) is 12.4. The van der Waals surface area contributed by atoms with Gasteiger partial charge in [-0.2, -0.15) is 0 Å². The number of nitrogen functional groups attached to an aromatic ring is 1. The highest BCUT2D eigenvalue weighted by molar-refractivity contribution is 5.75. The van der Waals surface area contributed by atoms with E-state index in [1.807, 2.05) is 12.1 Å². The third-order valence-electron chi connectivity index (χ3n) is 6.67. The van der Waals surface area contributed by atoms with Crippen molar-refractivity contribution in [2.75, 3.05) is 57.2 Å². The van der Waals surface area contributed by atoms with Crippen LogP contribution in [0.15, 0.2) is 42.6 Å². The molecule has 1 aromatic carbocycles. The topological polar surface area (TPSA) is 89.6 Å². The zero-order valence-corrected chi connectivity index (χ0v) is 19.9. The molecule has 34 heavy (non-hydrogen) atoms. The Morgan fingerprint density at radius 1 is 1.12 bits per heavy atom. The SMILES string of the molecule is COCCN1CCc2c(nc(-c3ccc(-c4cccnc4N)cc3)nc2N2CCOCC2C)C1. The molecule has 0 amide bonds. The molecule has 8 nitrogen and oxygen atoms in total. The quantitative estimate of drug-likeness (QED) is 0.601. The summed E-state index contributed by atoms with van der Waals surface area (Å²) in [7, 11) is 1.75. The summed E-state index contributed by atoms with van der Waals surface area (Å²) in [5.41, 5.74) is 11.4. The van der Waals surface area contributed by atoms with Crippen molar-refractivity contribution in [2.24, 2.45) is 0 Å². The maximum absolute atomic E-state index is 6.08. The summed E-state index contributed by atoms with van der Waals surface area (Å²) in [5, 5.41) is 0. The lowest BCUT2D eigenvalue weighted by Crippen LogP contribution is -2.45. The van der Waals surface area contributed by atoms with Crippen LogP contribution in [0.4, 0.5) is 11.6 Å². The van der Waals surface area contributed by atoms with Crippen LogP contribution in [0, 0.1) is 0 Å². The van der Waals surface area contributed by atoms with E-state index in [-0.39, 0.29) is 6.04 Å². The number of nitrogens with zero attached hydrogens (tertiary/aromatic N) is 5. The number of methoxy groups -OCH3 is 1. The van der Waals surface area contributed by atoms with Crippen LogP contribution in [-0.4, -0.2) is 72.5 Å². The minimum Gasteiger partial charge on any atom is -0.383 e. The van der Waals surface area contributed by atoms with E-state index in [0.29, 0.717) is 5.82 Å². The van der Waals surface area contributed by atoms with Crippen molar-refractivity contribution in [1.29, 1.82) is 0 Å². The molecule has 0 bridgehead atoms. The first-order valence-corrected chi connectivity index (χ1v) is 11.9. The van der Waals surface area contributed by atoms with Crippen molar-refractivity contribution in [3.8, 4) is 22.5 Å². The van der Waals surface area contributed by atoms with E-state index < -0.39 is 0 Å². The Morgan fingerprint density at radius 2 is 1.94 bits per heavy atom. The van der Waals surface area contributed by atoms with Gasteiger partial charge in [0, 0.05) is 56.2 Å². The Labute approximate surface area is 200 Å². The van der Waals surface area contributed by atoms with E-state index in [1.54, 1.807) is 13.3 Å². The second kappa shape index (κ2) is 10.0. The van der Waals surface area contributed by atoms with Crippen molar-refractivity contribution in [2.45, 2.75) is 25.9 Å². The fraction of sp³-hybridized carbons (Fsp3) is 0.423. The van der Waals surface area contributed by atoms with Gasteiger partial charge in [0.05, 0.1) is 31.6 Å². The van der Waals surface area contributed by atoms with E-state index in [0.717, 1.165) is 86.4 Å². The standard InChI is InChI=1S/C26H32N6O2/c1-18-17-34-15-13-32(18)26-22-9-11-31(12-14-33-2)16-23(22)29-25(30-26)20-7-5-19(6-8-20)21-4-3-10-28-24(21)27/h3-8,10,18H,9,11-17H2,1-2H3,(H2,27,28). The van der Waals surface area contributed by atoms with E-state index >= 15 is 0 Å². The zero-order chi connectivity index (χ0) is 23.5. The summed E-state index contributed by atoms with van der Waals surface area (Å²) in [5.74, 6) is 2.34. The molecule has 1 atom stereocenters. The number of ether oxygens (including phenoxy) is 2. The molecular weight excluding hydrogens is 428 g/mol. The molecule has 1 saturated heterocycles. The largest absolute Gasteiger partial charge is 0.383 e. The molecule has 2 aromatic heterocycles. The molecule has 4 heterocycles. The smallest absolute Gasteiger partial charge is 0.161 e. The van der Waals surface area contributed by atoms with Crippen LogP contribution in [0.25, 0.3) is 22.5 Å². The first kappa shape index (κ1) is 22.7. The second-order valence-electron chi connectivity index (χ2n) is 8.95. The summed E-state index contributed by atoms with van der Waals surface area (Å²) in [4.78, 5) is 19.2. The number of rotatable bonds is 6. The number of aromatic nitrogens is 3. The minimum atomic E-state index is 0.281. The predicted octanol–water partition coefficient (Wildman–Crippen LogP) is 3.02. The average molecular weight is 461 g/mol. The molecule has 5 rings (SSSR count). The van der Waals surface area contributed by atoms with Crippen molar-refractivity contribution < 1.29 is 9.47 Å². The molecule has 0 spiro atoms. The van der Waals surface area contributed by atoms with Crippen molar-refractivity contribution in [3.63, 3.8) is 0 Å². The Morgan fingerprint density at radius 3 is 2.71 bits per heavy atom. The molecule has 178 valence electrons. The minimum absolute atomic E-state index is 0.281. The zero-order valence-electron chi connectivity index (χ0n) is 19.9. The van der Waals surface area contributed by atoms with Gasteiger partial charge in [-0.3, -0.25) is 4.90 Å². The highest BCUT2D eigenvalue weighted by Gasteiger charge is 2.28. The average Bonchev–Trinajstić information content (AvgIpc) is 2.87. The van der Waals surface area contributed by atoms with Gasteiger partial charge in [-0.05, 0) is 31.0 Å². The molecule has 3 aromatic rings. The lowest BCUT2D eigenvalue weighted by atomic mass is 10.0. The van der Waals surface area contributed by atoms with E-state index in [2.05, 4.69) is 46.0 Å². The summed E-state index contributed by atoms with van der Waals surface area (Å²) >= 11 is 0. The van der Waals surface area contributed by atoms with Crippen molar-refractivity contribution in [1.82, 2.24) is 19.9 Å². The van der Waals surface area contributed by atoms with Gasteiger partial charge in [0.2, 0.25) is 0 Å². The fourth-order valence-electron chi connectivity index (χ4n) is 4.75. The molecular formula is C26H32N6O2. The highest BCUT2D eigenvalue weighted by atomic mass is 16.5. The monoisotopic (exact) mass is 460 g/mol. The molecule has 0 radical (unpaired) electrons. The van der Waals surface area contributed by atoms with Crippen LogP contribution in [0.5, 0.6) is 0 Å². The van der Waals surface area contributed by atoms with Gasteiger partial charge in [-0.1, -0.05) is 24.3 Å². The van der Waals surface area contributed by atoms with Gasteiger partial charge >= 0.3 is 0 Å². The number of nitrogens with two attached hydrogens (primary N) is 1. The van der Waals surface area contributed by atoms with Gasteiger partial charge in [0.25, 0.3) is 0 Å². The number of morpholine rings is 1. The first-order chi connectivity index (χ1) is 16.6. The normalized spacial score (nSPS) is 18.6. The maximum atomic E-state index is 6.08. The van der Waals surface area contributed by atoms with Crippen molar-refractivity contribution >= 4 is 11.6 Å². The number of pyridine rings is 1. The number of hydrogen-bond donors (Lipinski definition) is 1. The van der Waals surface area contributed by atoms with Gasteiger partial charge in [0.15, 0.2) is 5.82 Å². The molecule has 1 fully saturated rings. The number of fused-ring (bicyclic) bond motifs is 1. The second-order valence-corrected chi connectivity index (χ2v) is 8.95. The summed E-state index contributed by atoms with van der Waals surface area (Å²) in [6.07, 6.45) is 2.65. The van der Waals surface area contributed by atoms with E-state index in [4.69, 9.17) is 25.2 Å². The highest BCUT2D eigenvalue weighted by Crippen LogP contribution is 2.32. The molecule has 0 saturated carbocycles. The molecule has 2 aliphatic rings. The fourth-order valence-corrected chi connectivity index (χ4v) is 4.75.